The minimum atomic E-state index is -4.20. The molecular formula is C8H15BO6P2. The van der Waals surface area contributed by atoms with Crippen molar-refractivity contribution in [2.75, 3.05) is 12.8 Å². The molecule has 2 radical (unpaired) electrons. The van der Waals surface area contributed by atoms with Crippen molar-refractivity contribution in [2.45, 2.75) is 18.5 Å². The van der Waals surface area contributed by atoms with Gasteiger partial charge in [0.15, 0.2) is 7.37 Å². The quantitative estimate of drug-likeness (QED) is 0.511. The van der Waals surface area contributed by atoms with Gasteiger partial charge in [-0.2, -0.15) is 0 Å². The minimum Gasteiger partial charge on any atom is -0.380 e. The van der Waals surface area contributed by atoms with Crippen LogP contribution in [0.5, 0.6) is 0 Å². The molecule has 0 aromatic rings. The summed E-state index contributed by atoms with van der Waals surface area (Å²) in [6.07, 6.45) is 1.16. The predicted octanol–water partition coefficient (Wildman–Crippen LogP) is 0.478. The van der Waals surface area contributed by atoms with Crippen LogP contribution in [0.15, 0.2) is 11.9 Å². The number of hydrogen-bond acceptors (Lipinski definition) is 3. The van der Waals surface area contributed by atoms with Crippen molar-refractivity contribution < 1.29 is 28.5 Å². The monoisotopic (exact) mass is 280 g/mol. The Kier molecular flexibility index (Phi) is 4.81. The Morgan fingerprint density at radius 2 is 2.00 bits per heavy atom. The van der Waals surface area contributed by atoms with Crippen molar-refractivity contribution in [3.8, 4) is 0 Å². The molecule has 1 unspecified atom stereocenters. The zero-order valence-corrected chi connectivity index (χ0v) is 11.1. The van der Waals surface area contributed by atoms with Crippen LogP contribution < -0.4 is 0 Å². The van der Waals surface area contributed by atoms with Crippen LogP contribution in [0, 0.1) is 5.92 Å². The summed E-state index contributed by atoms with van der Waals surface area (Å²) in [6, 6.07) is -0.679. The van der Waals surface area contributed by atoms with Crippen molar-refractivity contribution in [1.29, 1.82) is 0 Å². The normalized spacial score (nSPS) is 34.0. The van der Waals surface area contributed by atoms with E-state index in [9.17, 15) is 14.0 Å². The van der Waals surface area contributed by atoms with E-state index in [0.717, 1.165) is 5.82 Å². The first-order valence-electron chi connectivity index (χ1n) is 5.02. The molecule has 1 fully saturated rings. The average molecular weight is 280 g/mol. The zero-order chi connectivity index (χ0) is 13.3. The molecule has 1 aliphatic rings. The van der Waals surface area contributed by atoms with Gasteiger partial charge in [0.2, 0.25) is 0 Å². The molecule has 0 aromatic carbocycles. The van der Waals surface area contributed by atoms with Crippen molar-refractivity contribution in [3.63, 3.8) is 0 Å². The first-order valence-corrected chi connectivity index (χ1v) is 8.99. The van der Waals surface area contributed by atoms with Crippen molar-refractivity contribution in [1.82, 2.24) is 0 Å². The minimum absolute atomic E-state index is 0.0500. The second kappa shape index (κ2) is 5.39. The van der Waals surface area contributed by atoms with Gasteiger partial charge in [0, 0.05) is 24.6 Å². The Labute approximate surface area is 101 Å². The third kappa shape index (κ3) is 6.00. The zero-order valence-electron chi connectivity index (χ0n) is 9.34. The van der Waals surface area contributed by atoms with Gasteiger partial charge in [0.05, 0.1) is 6.10 Å². The molecule has 1 saturated heterocycles. The summed E-state index contributed by atoms with van der Waals surface area (Å²) in [7, 11) is -1.74. The van der Waals surface area contributed by atoms with Crippen LogP contribution in [0.3, 0.4) is 0 Å². The van der Waals surface area contributed by atoms with E-state index < -0.39 is 27.1 Å². The fraction of sp³-hybridized carbons (Fsp3) is 0.750. The van der Waals surface area contributed by atoms with E-state index >= 15 is 0 Å². The molecule has 0 saturated carbocycles. The summed E-state index contributed by atoms with van der Waals surface area (Å²) in [5.41, 5.74) is 0. The fourth-order valence-electron chi connectivity index (χ4n) is 1.75. The van der Waals surface area contributed by atoms with E-state index in [1.165, 1.54) is 12.7 Å². The highest BCUT2D eigenvalue weighted by Gasteiger charge is 2.33. The van der Waals surface area contributed by atoms with E-state index in [2.05, 4.69) is 0 Å². The van der Waals surface area contributed by atoms with E-state index in [-0.39, 0.29) is 12.1 Å². The molecule has 0 spiro atoms. The Morgan fingerprint density at radius 1 is 1.41 bits per heavy atom. The highest BCUT2D eigenvalue weighted by atomic mass is 31.2. The largest absolute Gasteiger partial charge is 0.380 e. The molecule has 6 nitrogen and oxygen atoms in total. The maximum Gasteiger partial charge on any atom is 0.348 e. The van der Waals surface area contributed by atoms with Gasteiger partial charge >= 0.3 is 7.60 Å². The summed E-state index contributed by atoms with van der Waals surface area (Å²) in [5, 5.41) is 0. The summed E-state index contributed by atoms with van der Waals surface area (Å²) in [6.45, 7) is 1.25. The Bertz CT molecular complexity index is 385. The lowest BCUT2D eigenvalue weighted by Crippen LogP contribution is -2.19. The van der Waals surface area contributed by atoms with Crippen LogP contribution in [0.4, 0.5) is 0 Å². The van der Waals surface area contributed by atoms with Crippen molar-refractivity contribution in [3.05, 3.63) is 11.9 Å². The molecule has 1 rings (SSSR count). The molecular weight excluding hydrogens is 265 g/mol. The molecule has 9 heteroatoms. The standard InChI is InChI=1S/C8H15BO6P2/c1-16(10,11)5-6-4-7(15-8(6)9)2-3-17(12,13)14/h2-3,6-8H,4-5H2,1H3,(H,10,11)(H2,12,13,14)/b3-2+/t6-,7+,8+/m0/s1. The first kappa shape index (κ1) is 15.2. The number of rotatable bonds is 4. The summed E-state index contributed by atoms with van der Waals surface area (Å²) < 4.78 is 27.1. The van der Waals surface area contributed by atoms with Gasteiger partial charge in [-0.05, 0) is 18.4 Å². The Morgan fingerprint density at radius 3 is 2.47 bits per heavy atom. The molecule has 96 valence electrons. The molecule has 3 N–H and O–H groups in total. The van der Waals surface area contributed by atoms with E-state index in [0.29, 0.717) is 6.42 Å². The second-order valence-corrected chi connectivity index (χ2v) is 8.24. The van der Waals surface area contributed by atoms with Crippen LogP contribution in [0.2, 0.25) is 0 Å². The fourth-order valence-corrected chi connectivity index (χ4v) is 3.39. The summed E-state index contributed by atoms with van der Waals surface area (Å²) in [4.78, 5) is 26.5. The van der Waals surface area contributed by atoms with Crippen LogP contribution in [-0.4, -0.2) is 47.5 Å². The molecule has 0 bridgehead atoms. The molecule has 0 amide bonds. The number of hydrogen-bond donors (Lipinski definition) is 3. The van der Waals surface area contributed by atoms with E-state index in [1.807, 2.05) is 0 Å². The lowest BCUT2D eigenvalue weighted by Gasteiger charge is -2.15. The van der Waals surface area contributed by atoms with Gasteiger partial charge in [-0.1, -0.05) is 0 Å². The molecule has 17 heavy (non-hydrogen) atoms. The van der Waals surface area contributed by atoms with Crippen LogP contribution in [0.25, 0.3) is 0 Å². The predicted molar refractivity (Wildman–Crippen MR) is 64.3 cm³/mol. The topological polar surface area (TPSA) is 104 Å². The highest BCUT2D eigenvalue weighted by molar-refractivity contribution is 7.57. The highest BCUT2D eigenvalue weighted by Crippen LogP contribution is 2.43. The van der Waals surface area contributed by atoms with Gasteiger partial charge in [0.1, 0.15) is 7.85 Å². The van der Waals surface area contributed by atoms with Gasteiger partial charge < -0.3 is 19.4 Å². The van der Waals surface area contributed by atoms with Crippen molar-refractivity contribution in [2.24, 2.45) is 5.92 Å². The molecule has 0 aliphatic carbocycles. The summed E-state index contributed by atoms with van der Waals surface area (Å²) >= 11 is 0. The lowest BCUT2D eigenvalue weighted by molar-refractivity contribution is 0.112. The van der Waals surface area contributed by atoms with Gasteiger partial charge in [-0.15, -0.1) is 0 Å². The second-order valence-electron chi connectivity index (χ2n) is 4.30. The van der Waals surface area contributed by atoms with Gasteiger partial charge in [-0.25, -0.2) is 0 Å². The van der Waals surface area contributed by atoms with Crippen LogP contribution in [0.1, 0.15) is 6.42 Å². The van der Waals surface area contributed by atoms with Gasteiger partial charge in [0.25, 0.3) is 0 Å². The third-order valence-corrected chi connectivity index (χ3v) is 4.11. The molecule has 4 atom stereocenters. The van der Waals surface area contributed by atoms with E-state index in [1.54, 1.807) is 0 Å². The smallest absolute Gasteiger partial charge is 0.348 e. The maximum absolute atomic E-state index is 11.2. The Balaban J connectivity index is 2.58. The van der Waals surface area contributed by atoms with Crippen LogP contribution in [-0.2, 0) is 13.9 Å². The molecule has 0 aromatic heterocycles. The average Bonchev–Trinajstić information content (AvgIpc) is 2.40. The molecule has 1 aliphatic heterocycles. The third-order valence-electron chi connectivity index (χ3n) is 2.40. The van der Waals surface area contributed by atoms with Crippen molar-refractivity contribution >= 4 is 22.8 Å². The van der Waals surface area contributed by atoms with Gasteiger partial charge in [-0.3, -0.25) is 9.13 Å². The summed E-state index contributed by atoms with van der Waals surface area (Å²) in [5.74, 6) is 0.485. The first-order chi connectivity index (χ1) is 7.57. The number of ether oxygens (including phenoxy) is 1. The van der Waals surface area contributed by atoms with Crippen LogP contribution >= 0.6 is 15.0 Å². The molecule has 1 heterocycles. The van der Waals surface area contributed by atoms with E-state index in [4.69, 9.17) is 22.4 Å². The SMILES string of the molecule is [B][C@@H]1O[C@H](/C=C/P(=O)(O)O)C[C@H]1CP(C)(=O)O. The lowest BCUT2D eigenvalue weighted by atomic mass is 9.88. The Hall–Kier alpha value is 0.105. The maximum atomic E-state index is 11.2.